The molecule has 0 aliphatic heterocycles. The van der Waals surface area contributed by atoms with E-state index < -0.39 is 0 Å². The standard InChI is InChI=1S/C15H20ClNO2S/c1-10(20-13-7-5-12(16)6-8-13)15(19)17(2)9-14(18)11-3-4-11/h5-8,10-11,14,18H,3-4,9H2,1-2H3. The topological polar surface area (TPSA) is 40.5 Å². The molecule has 1 aliphatic carbocycles. The normalized spacial score (nSPS) is 17.6. The van der Waals surface area contributed by atoms with Gasteiger partial charge in [0.05, 0.1) is 11.4 Å². The van der Waals surface area contributed by atoms with E-state index >= 15 is 0 Å². The number of likely N-dealkylation sites (N-methyl/N-ethyl adjacent to an activating group) is 1. The lowest BCUT2D eigenvalue weighted by molar-refractivity contribution is -0.130. The molecule has 0 radical (unpaired) electrons. The van der Waals surface area contributed by atoms with Gasteiger partial charge in [-0.25, -0.2) is 0 Å². The number of aliphatic hydroxyl groups is 1. The summed E-state index contributed by atoms with van der Waals surface area (Å²) in [6.07, 6.45) is 1.79. The molecule has 1 saturated carbocycles. The zero-order valence-electron chi connectivity index (χ0n) is 11.8. The highest BCUT2D eigenvalue weighted by molar-refractivity contribution is 8.00. The Morgan fingerprint density at radius 3 is 2.60 bits per heavy atom. The Hall–Kier alpha value is -0.710. The number of rotatable bonds is 6. The summed E-state index contributed by atoms with van der Waals surface area (Å²) in [6.45, 7) is 2.32. The number of carbonyl (C=O) groups excluding carboxylic acids is 1. The van der Waals surface area contributed by atoms with E-state index in [1.54, 1.807) is 11.9 Å². The SMILES string of the molecule is CC(Sc1ccc(Cl)cc1)C(=O)N(C)CC(O)C1CC1. The van der Waals surface area contributed by atoms with Gasteiger partial charge in [-0.2, -0.15) is 0 Å². The van der Waals surface area contributed by atoms with Gasteiger partial charge in [0.1, 0.15) is 0 Å². The average molecular weight is 314 g/mol. The first kappa shape index (κ1) is 15.7. The smallest absolute Gasteiger partial charge is 0.235 e. The van der Waals surface area contributed by atoms with Gasteiger partial charge in [0.2, 0.25) is 5.91 Å². The molecule has 0 saturated heterocycles. The molecule has 5 heteroatoms. The minimum absolute atomic E-state index is 0.0460. The van der Waals surface area contributed by atoms with Crippen molar-refractivity contribution in [2.75, 3.05) is 13.6 Å². The molecule has 0 bridgehead atoms. The highest BCUT2D eigenvalue weighted by Crippen LogP contribution is 2.33. The third kappa shape index (κ3) is 4.40. The number of amides is 1. The summed E-state index contributed by atoms with van der Waals surface area (Å²) in [5.41, 5.74) is 0. The Kier molecular flexibility index (Phi) is 5.35. The fraction of sp³-hybridized carbons (Fsp3) is 0.533. The van der Waals surface area contributed by atoms with E-state index in [9.17, 15) is 9.90 Å². The monoisotopic (exact) mass is 313 g/mol. The van der Waals surface area contributed by atoms with Crippen LogP contribution in [0.4, 0.5) is 0 Å². The van der Waals surface area contributed by atoms with Gasteiger partial charge >= 0.3 is 0 Å². The van der Waals surface area contributed by atoms with Crippen molar-refractivity contribution >= 4 is 29.3 Å². The van der Waals surface area contributed by atoms with Crippen molar-refractivity contribution in [1.82, 2.24) is 4.90 Å². The van der Waals surface area contributed by atoms with Crippen molar-refractivity contribution in [2.24, 2.45) is 5.92 Å². The molecule has 2 rings (SSSR count). The first-order valence-electron chi connectivity index (χ1n) is 6.82. The lowest BCUT2D eigenvalue weighted by Crippen LogP contribution is -2.39. The van der Waals surface area contributed by atoms with Crippen LogP contribution in [0.1, 0.15) is 19.8 Å². The van der Waals surface area contributed by atoms with Crippen LogP contribution < -0.4 is 0 Å². The molecule has 110 valence electrons. The molecular formula is C15H20ClNO2S. The van der Waals surface area contributed by atoms with Gasteiger partial charge < -0.3 is 10.0 Å². The second-order valence-electron chi connectivity index (χ2n) is 5.34. The van der Waals surface area contributed by atoms with Crippen LogP contribution in [0.15, 0.2) is 29.2 Å². The largest absolute Gasteiger partial charge is 0.391 e. The molecule has 20 heavy (non-hydrogen) atoms. The Bertz CT molecular complexity index is 461. The van der Waals surface area contributed by atoms with Crippen LogP contribution in [-0.4, -0.2) is 40.9 Å². The van der Waals surface area contributed by atoms with Crippen molar-refractivity contribution in [1.29, 1.82) is 0 Å². The van der Waals surface area contributed by atoms with E-state index in [1.165, 1.54) is 11.8 Å². The summed E-state index contributed by atoms with van der Waals surface area (Å²) >= 11 is 7.35. The first-order valence-corrected chi connectivity index (χ1v) is 8.08. The number of hydrogen-bond acceptors (Lipinski definition) is 3. The summed E-state index contributed by atoms with van der Waals surface area (Å²) < 4.78 is 0. The molecule has 0 spiro atoms. The molecular weight excluding hydrogens is 294 g/mol. The van der Waals surface area contributed by atoms with Gasteiger partial charge in [-0.3, -0.25) is 4.79 Å². The molecule has 2 atom stereocenters. The van der Waals surface area contributed by atoms with Gasteiger partial charge in [-0.15, -0.1) is 11.8 Å². The zero-order valence-corrected chi connectivity index (χ0v) is 13.3. The van der Waals surface area contributed by atoms with Gasteiger partial charge in [-0.1, -0.05) is 11.6 Å². The number of benzene rings is 1. The molecule has 1 aromatic carbocycles. The van der Waals surface area contributed by atoms with Crippen molar-refractivity contribution in [3.8, 4) is 0 Å². The fourth-order valence-corrected chi connectivity index (χ4v) is 3.19. The van der Waals surface area contributed by atoms with Crippen molar-refractivity contribution in [3.05, 3.63) is 29.3 Å². The Balaban J connectivity index is 1.85. The van der Waals surface area contributed by atoms with Crippen LogP contribution in [0, 0.1) is 5.92 Å². The third-order valence-electron chi connectivity index (χ3n) is 3.48. The molecule has 0 heterocycles. The van der Waals surface area contributed by atoms with E-state index in [0.717, 1.165) is 17.7 Å². The summed E-state index contributed by atoms with van der Waals surface area (Å²) in [5, 5.41) is 10.4. The second kappa shape index (κ2) is 6.83. The maximum atomic E-state index is 12.3. The minimum Gasteiger partial charge on any atom is -0.391 e. The van der Waals surface area contributed by atoms with Crippen LogP contribution in [0.25, 0.3) is 0 Å². The lowest BCUT2D eigenvalue weighted by Gasteiger charge is -2.23. The van der Waals surface area contributed by atoms with E-state index in [-0.39, 0.29) is 17.3 Å². The quantitative estimate of drug-likeness (QED) is 0.821. The number of halogens is 1. The van der Waals surface area contributed by atoms with Gasteiger partial charge in [0.25, 0.3) is 0 Å². The van der Waals surface area contributed by atoms with Crippen LogP contribution in [0.3, 0.4) is 0 Å². The molecule has 1 aliphatic rings. The molecule has 3 nitrogen and oxygen atoms in total. The second-order valence-corrected chi connectivity index (χ2v) is 7.19. The number of aliphatic hydroxyl groups excluding tert-OH is 1. The van der Waals surface area contributed by atoms with Crippen LogP contribution in [0.2, 0.25) is 5.02 Å². The molecule has 1 aromatic rings. The number of hydrogen-bond donors (Lipinski definition) is 1. The fourth-order valence-electron chi connectivity index (χ4n) is 2.08. The van der Waals surface area contributed by atoms with E-state index in [0.29, 0.717) is 17.5 Å². The van der Waals surface area contributed by atoms with Crippen LogP contribution >= 0.6 is 23.4 Å². The summed E-state index contributed by atoms with van der Waals surface area (Å²) in [6, 6.07) is 7.47. The molecule has 1 N–H and O–H groups in total. The number of nitrogens with zero attached hydrogens (tertiary/aromatic N) is 1. The van der Waals surface area contributed by atoms with E-state index in [2.05, 4.69) is 0 Å². The Labute approximate surface area is 129 Å². The summed E-state index contributed by atoms with van der Waals surface area (Å²) in [5.74, 6) is 0.439. The van der Waals surface area contributed by atoms with E-state index in [1.807, 2.05) is 31.2 Å². The highest BCUT2D eigenvalue weighted by Gasteiger charge is 2.31. The van der Waals surface area contributed by atoms with Crippen molar-refractivity contribution in [2.45, 2.75) is 36.0 Å². The molecule has 1 fully saturated rings. The number of carbonyl (C=O) groups is 1. The maximum absolute atomic E-state index is 12.3. The number of thioether (sulfide) groups is 1. The zero-order chi connectivity index (χ0) is 14.7. The van der Waals surface area contributed by atoms with Gasteiger partial charge in [0, 0.05) is 23.5 Å². The minimum atomic E-state index is -0.378. The maximum Gasteiger partial charge on any atom is 0.235 e. The molecule has 2 unspecified atom stereocenters. The Morgan fingerprint density at radius 2 is 2.05 bits per heavy atom. The third-order valence-corrected chi connectivity index (χ3v) is 4.83. The van der Waals surface area contributed by atoms with E-state index in [4.69, 9.17) is 11.6 Å². The van der Waals surface area contributed by atoms with Crippen molar-refractivity contribution < 1.29 is 9.90 Å². The van der Waals surface area contributed by atoms with Gasteiger partial charge in [-0.05, 0) is 49.9 Å². The van der Waals surface area contributed by atoms with Crippen LogP contribution in [-0.2, 0) is 4.79 Å². The van der Waals surface area contributed by atoms with Crippen molar-refractivity contribution in [3.63, 3.8) is 0 Å². The highest BCUT2D eigenvalue weighted by atomic mass is 35.5. The average Bonchev–Trinajstić information content (AvgIpc) is 3.24. The summed E-state index contributed by atoms with van der Waals surface area (Å²) in [7, 11) is 1.76. The Morgan fingerprint density at radius 1 is 1.45 bits per heavy atom. The predicted molar refractivity (Wildman–Crippen MR) is 83.1 cm³/mol. The summed E-state index contributed by atoms with van der Waals surface area (Å²) in [4.78, 5) is 14.9. The lowest BCUT2D eigenvalue weighted by atomic mass is 10.2. The predicted octanol–water partition coefficient (Wildman–Crippen LogP) is 3.05. The molecule has 0 aromatic heterocycles. The van der Waals surface area contributed by atoms with Crippen LogP contribution in [0.5, 0.6) is 0 Å². The first-order chi connectivity index (χ1) is 9.47. The molecule has 1 amide bonds. The van der Waals surface area contributed by atoms with Gasteiger partial charge in [0.15, 0.2) is 0 Å².